The van der Waals surface area contributed by atoms with Gasteiger partial charge in [-0.2, -0.15) is 0 Å². The van der Waals surface area contributed by atoms with Gasteiger partial charge < -0.3 is 14.2 Å². The van der Waals surface area contributed by atoms with Crippen molar-refractivity contribution < 1.29 is 14.1 Å². The number of para-hydroxylation sites is 1. The van der Waals surface area contributed by atoms with Crippen LogP contribution in [0.15, 0.2) is 42.5 Å². The van der Waals surface area contributed by atoms with Crippen molar-refractivity contribution in [1.82, 2.24) is 0 Å². The Hall–Kier alpha value is -1.82. The van der Waals surface area contributed by atoms with Crippen LogP contribution in [-0.2, 0) is 9.31 Å². The second-order valence-corrected chi connectivity index (χ2v) is 8.39. The molecule has 0 aliphatic carbocycles. The molecule has 6 heteroatoms. The van der Waals surface area contributed by atoms with Gasteiger partial charge in [0.1, 0.15) is 0 Å². The molecule has 142 valence electrons. The molecule has 0 saturated carbocycles. The standard InChI is InChI=1S/C21H25BClNO3/c1-14-8-7-9-17(23)18(14)24(6)19(25)15-10-12-16(13-11-15)22-26-20(2,3)21(4,5)27-22/h7-13H,1-6H3. The number of amides is 1. The van der Waals surface area contributed by atoms with E-state index in [9.17, 15) is 4.79 Å². The molecule has 1 amide bonds. The van der Waals surface area contributed by atoms with Gasteiger partial charge in [0.2, 0.25) is 0 Å². The minimum atomic E-state index is -0.442. The summed E-state index contributed by atoms with van der Waals surface area (Å²) in [4.78, 5) is 14.5. The van der Waals surface area contributed by atoms with Crippen molar-refractivity contribution in [1.29, 1.82) is 0 Å². The van der Waals surface area contributed by atoms with Crippen LogP contribution in [0.1, 0.15) is 43.6 Å². The van der Waals surface area contributed by atoms with E-state index in [0.717, 1.165) is 16.7 Å². The maximum absolute atomic E-state index is 12.9. The number of aryl methyl sites for hydroxylation is 1. The predicted octanol–water partition coefficient (Wildman–Crippen LogP) is 4.22. The largest absolute Gasteiger partial charge is 0.494 e. The first-order valence-corrected chi connectivity index (χ1v) is 9.40. The van der Waals surface area contributed by atoms with Crippen LogP contribution in [0.2, 0.25) is 5.02 Å². The zero-order valence-electron chi connectivity index (χ0n) is 16.7. The van der Waals surface area contributed by atoms with Crippen LogP contribution in [0.5, 0.6) is 0 Å². The van der Waals surface area contributed by atoms with E-state index in [4.69, 9.17) is 20.9 Å². The highest BCUT2D eigenvalue weighted by atomic mass is 35.5. The fraction of sp³-hybridized carbons (Fsp3) is 0.381. The highest BCUT2D eigenvalue weighted by Crippen LogP contribution is 2.36. The lowest BCUT2D eigenvalue weighted by Crippen LogP contribution is -2.41. The van der Waals surface area contributed by atoms with Gasteiger partial charge >= 0.3 is 7.12 Å². The topological polar surface area (TPSA) is 38.8 Å². The molecule has 27 heavy (non-hydrogen) atoms. The van der Waals surface area contributed by atoms with Crippen LogP contribution in [0.3, 0.4) is 0 Å². The Balaban J connectivity index is 1.81. The Morgan fingerprint density at radius 1 is 1.00 bits per heavy atom. The molecule has 0 bridgehead atoms. The Kier molecular flexibility index (Phi) is 5.15. The number of carbonyl (C=O) groups is 1. The average molecular weight is 386 g/mol. The first-order valence-electron chi connectivity index (χ1n) is 9.02. The number of rotatable bonds is 3. The van der Waals surface area contributed by atoms with E-state index in [1.807, 2.05) is 58.9 Å². The minimum Gasteiger partial charge on any atom is -0.399 e. The Morgan fingerprint density at radius 3 is 2.07 bits per heavy atom. The second-order valence-electron chi connectivity index (χ2n) is 7.98. The SMILES string of the molecule is Cc1cccc(Cl)c1N(C)C(=O)c1ccc(B2OC(C)(C)C(C)(C)O2)cc1. The molecule has 0 radical (unpaired) electrons. The number of nitrogens with zero attached hydrogens (tertiary/aromatic N) is 1. The molecule has 0 atom stereocenters. The van der Waals surface area contributed by atoms with Gasteiger partial charge in [0, 0.05) is 12.6 Å². The quantitative estimate of drug-likeness (QED) is 0.742. The lowest BCUT2D eigenvalue weighted by atomic mass is 9.79. The maximum Gasteiger partial charge on any atom is 0.494 e. The van der Waals surface area contributed by atoms with Crippen molar-refractivity contribution in [2.45, 2.75) is 45.8 Å². The normalized spacial score (nSPS) is 17.8. The van der Waals surface area contributed by atoms with Crippen LogP contribution in [0, 0.1) is 6.92 Å². The first-order chi connectivity index (χ1) is 12.5. The molecule has 4 nitrogen and oxygen atoms in total. The number of carbonyl (C=O) groups excluding carboxylic acids is 1. The van der Waals surface area contributed by atoms with Crippen molar-refractivity contribution >= 4 is 35.8 Å². The lowest BCUT2D eigenvalue weighted by Gasteiger charge is -2.32. The molecule has 1 fully saturated rings. The van der Waals surface area contributed by atoms with E-state index < -0.39 is 18.3 Å². The molecule has 1 heterocycles. The molecule has 1 aliphatic rings. The molecule has 2 aromatic rings. The van der Waals surface area contributed by atoms with E-state index in [0.29, 0.717) is 10.6 Å². The molecular formula is C21H25BClNO3. The number of anilines is 1. The lowest BCUT2D eigenvalue weighted by molar-refractivity contribution is 0.00578. The molecule has 0 unspecified atom stereocenters. The van der Waals surface area contributed by atoms with E-state index >= 15 is 0 Å². The molecular weight excluding hydrogens is 361 g/mol. The van der Waals surface area contributed by atoms with E-state index in [-0.39, 0.29) is 5.91 Å². The van der Waals surface area contributed by atoms with Crippen molar-refractivity contribution in [2.75, 3.05) is 11.9 Å². The van der Waals surface area contributed by atoms with Gasteiger partial charge in [0.05, 0.1) is 21.9 Å². The number of benzene rings is 2. The van der Waals surface area contributed by atoms with Crippen molar-refractivity contribution in [3.8, 4) is 0 Å². The smallest absolute Gasteiger partial charge is 0.399 e. The third-order valence-corrected chi connectivity index (χ3v) is 5.82. The highest BCUT2D eigenvalue weighted by molar-refractivity contribution is 6.62. The Morgan fingerprint density at radius 2 is 1.56 bits per heavy atom. The minimum absolute atomic E-state index is 0.119. The second kappa shape index (κ2) is 6.97. The zero-order valence-corrected chi connectivity index (χ0v) is 17.4. The number of halogens is 1. The van der Waals surface area contributed by atoms with E-state index in [1.54, 1.807) is 30.1 Å². The monoisotopic (exact) mass is 385 g/mol. The summed E-state index contributed by atoms with van der Waals surface area (Å²) in [6, 6.07) is 12.9. The summed E-state index contributed by atoms with van der Waals surface area (Å²) in [6.45, 7) is 10.0. The summed E-state index contributed by atoms with van der Waals surface area (Å²) in [7, 11) is 1.29. The highest BCUT2D eigenvalue weighted by Gasteiger charge is 2.51. The first kappa shape index (κ1) is 19.9. The average Bonchev–Trinajstić information content (AvgIpc) is 2.82. The molecule has 2 aromatic carbocycles. The van der Waals surface area contributed by atoms with Crippen LogP contribution >= 0.6 is 11.6 Å². The molecule has 0 aromatic heterocycles. The number of hydrogen-bond donors (Lipinski definition) is 0. The molecule has 1 saturated heterocycles. The van der Waals surface area contributed by atoms with Crippen LogP contribution in [0.4, 0.5) is 5.69 Å². The van der Waals surface area contributed by atoms with Gasteiger partial charge in [0.15, 0.2) is 0 Å². The molecule has 0 spiro atoms. The number of hydrogen-bond acceptors (Lipinski definition) is 3. The van der Waals surface area contributed by atoms with Crippen molar-refractivity contribution in [3.05, 3.63) is 58.6 Å². The summed E-state index contributed by atoms with van der Waals surface area (Å²) in [5.41, 5.74) is 2.35. The Bertz CT molecular complexity index is 828. The van der Waals surface area contributed by atoms with Crippen LogP contribution < -0.4 is 10.4 Å². The third kappa shape index (κ3) is 3.64. The summed E-state index contributed by atoms with van der Waals surface area (Å²) in [6.07, 6.45) is 0. The molecule has 0 N–H and O–H groups in total. The summed E-state index contributed by atoms with van der Waals surface area (Å²) in [5, 5.41) is 0.555. The summed E-state index contributed by atoms with van der Waals surface area (Å²) < 4.78 is 12.1. The fourth-order valence-corrected chi connectivity index (χ4v) is 3.45. The zero-order chi connectivity index (χ0) is 20.0. The molecule has 3 rings (SSSR count). The van der Waals surface area contributed by atoms with Gasteiger partial charge in [0.25, 0.3) is 5.91 Å². The van der Waals surface area contributed by atoms with Gasteiger partial charge in [-0.3, -0.25) is 4.79 Å². The fourth-order valence-electron chi connectivity index (χ4n) is 3.11. The van der Waals surface area contributed by atoms with E-state index in [1.165, 1.54) is 0 Å². The van der Waals surface area contributed by atoms with Gasteiger partial charge in [-0.05, 0) is 63.8 Å². The van der Waals surface area contributed by atoms with Crippen LogP contribution in [-0.4, -0.2) is 31.3 Å². The van der Waals surface area contributed by atoms with Gasteiger partial charge in [-0.25, -0.2) is 0 Å². The van der Waals surface area contributed by atoms with Crippen LogP contribution in [0.25, 0.3) is 0 Å². The van der Waals surface area contributed by atoms with Gasteiger partial charge in [-0.1, -0.05) is 35.9 Å². The Labute approximate surface area is 166 Å². The van der Waals surface area contributed by atoms with E-state index in [2.05, 4.69) is 0 Å². The third-order valence-electron chi connectivity index (χ3n) is 5.51. The maximum atomic E-state index is 12.9. The van der Waals surface area contributed by atoms with Crippen molar-refractivity contribution in [2.24, 2.45) is 0 Å². The predicted molar refractivity (Wildman–Crippen MR) is 111 cm³/mol. The summed E-state index contributed by atoms with van der Waals surface area (Å²) >= 11 is 6.29. The van der Waals surface area contributed by atoms with Gasteiger partial charge in [-0.15, -0.1) is 0 Å². The van der Waals surface area contributed by atoms with Crippen molar-refractivity contribution in [3.63, 3.8) is 0 Å². The molecule has 1 aliphatic heterocycles. The summed E-state index contributed by atoms with van der Waals surface area (Å²) in [5.74, 6) is -0.119.